The molecular formula is C15H11N3O5. The molecule has 0 amide bonds. The Morgan fingerprint density at radius 2 is 1.96 bits per heavy atom. The van der Waals surface area contributed by atoms with Crippen LogP contribution in [-0.4, -0.2) is 39.1 Å². The lowest BCUT2D eigenvalue weighted by atomic mass is 10.2. The van der Waals surface area contributed by atoms with Gasteiger partial charge in [-0.05, 0) is 36.4 Å². The van der Waals surface area contributed by atoms with Crippen LogP contribution in [0.25, 0.3) is 17.1 Å². The Labute approximate surface area is 129 Å². The largest absolute Gasteiger partial charge is 0.476 e. The lowest BCUT2D eigenvalue weighted by Gasteiger charge is -2.06. The van der Waals surface area contributed by atoms with E-state index >= 15 is 0 Å². The van der Waals surface area contributed by atoms with Gasteiger partial charge < -0.3 is 14.3 Å². The van der Waals surface area contributed by atoms with E-state index in [1.54, 1.807) is 36.4 Å². The number of carboxylic acids is 1. The standard InChI is InChI=1S/C15H11N3O5/c1-22-15(21)9-4-6-10(7-5-9)18-13(11-3-2-8-23-11)12(14(19)20)16-17-18/h2-8H,1H3,(H,19,20). The van der Waals surface area contributed by atoms with Crippen molar-refractivity contribution in [1.29, 1.82) is 0 Å². The van der Waals surface area contributed by atoms with Crippen molar-refractivity contribution in [2.45, 2.75) is 0 Å². The summed E-state index contributed by atoms with van der Waals surface area (Å²) < 4.78 is 11.2. The quantitative estimate of drug-likeness (QED) is 0.734. The summed E-state index contributed by atoms with van der Waals surface area (Å²) in [4.78, 5) is 22.8. The number of carbonyl (C=O) groups excluding carboxylic acids is 1. The summed E-state index contributed by atoms with van der Waals surface area (Å²) in [6.45, 7) is 0. The number of benzene rings is 1. The molecule has 2 aromatic heterocycles. The number of furan rings is 1. The van der Waals surface area contributed by atoms with Crippen LogP contribution in [-0.2, 0) is 4.74 Å². The smallest absolute Gasteiger partial charge is 0.358 e. The summed E-state index contributed by atoms with van der Waals surface area (Å²) in [5, 5.41) is 16.8. The van der Waals surface area contributed by atoms with Crippen molar-refractivity contribution in [2.24, 2.45) is 0 Å². The monoisotopic (exact) mass is 313 g/mol. The zero-order valence-corrected chi connectivity index (χ0v) is 12.0. The van der Waals surface area contributed by atoms with E-state index in [-0.39, 0.29) is 11.4 Å². The van der Waals surface area contributed by atoms with E-state index in [1.807, 2.05) is 0 Å². The number of carboxylic acid groups (broad SMARTS) is 1. The van der Waals surface area contributed by atoms with Crippen molar-refractivity contribution in [1.82, 2.24) is 15.0 Å². The van der Waals surface area contributed by atoms with Crippen LogP contribution in [0.3, 0.4) is 0 Å². The minimum atomic E-state index is -1.21. The molecule has 0 fully saturated rings. The third-order valence-corrected chi connectivity index (χ3v) is 3.16. The summed E-state index contributed by atoms with van der Waals surface area (Å²) >= 11 is 0. The van der Waals surface area contributed by atoms with Crippen molar-refractivity contribution in [3.05, 3.63) is 53.9 Å². The van der Waals surface area contributed by atoms with Crippen LogP contribution in [0.2, 0.25) is 0 Å². The molecule has 0 atom stereocenters. The Bertz CT molecular complexity index is 850. The van der Waals surface area contributed by atoms with Gasteiger partial charge in [0.05, 0.1) is 24.6 Å². The number of methoxy groups -OCH3 is 1. The van der Waals surface area contributed by atoms with E-state index in [0.717, 1.165) is 0 Å². The number of carbonyl (C=O) groups is 2. The Hall–Kier alpha value is -3.42. The summed E-state index contributed by atoms with van der Waals surface area (Å²) in [5.74, 6) is -1.36. The van der Waals surface area contributed by atoms with E-state index < -0.39 is 11.9 Å². The second-order valence-corrected chi connectivity index (χ2v) is 4.52. The number of ether oxygens (including phenoxy) is 1. The molecule has 0 spiro atoms. The molecule has 23 heavy (non-hydrogen) atoms. The molecule has 1 N–H and O–H groups in total. The van der Waals surface area contributed by atoms with E-state index in [1.165, 1.54) is 18.1 Å². The van der Waals surface area contributed by atoms with Crippen LogP contribution in [0.15, 0.2) is 47.1 Å². The Kier molecular flexibility index (Phi) is 3.63. The molecular weight excluding hydrogens is 302 g/mol. The molecule has 0 bridgehead atoms. The molecule has 0 unspecified atom stereocenters. The van der Waals surface area contributed by atoms with Gasteiger partial charge in [0.25, 0.3) is 0 Å². The molecule has 0 saturated heterocycles. The van der Waals surface area contributed by atoms with Crippen LogP contribution in [0, 0.1) is 0 Å². The Morgan fingerprint density at radius 1 is 1.22 bits per heavy atom. The third-order valence-electron chi connectivity index (χ3n) is 3.16. The molecule has 0 radical (unpaired) electrons. The first-order valence-electron chi connectivity index (χ1n) is 6.53. The van der Waals surface area contributed by atoms with Crippen molar-refractivity contribution in [2.75, 3.05) is 7.11 Å². The van der Waals surface area contributed by atoms with Crippen molar-refractivity contribution in [3.63, 3.8) is 0 Å². The van der Waals surface area contributed by atoms with E-state index in [4.69, 9.17) is 4.42 Å². The maximum atomic E-state index is 11.5. The molecule has 1 aromatic carbocycles. The highest BCUT2D eigenvalue weighted by Gasteiger charge is 2.23. The van der Waals surface area contributed by atoms with Gasteiger partial charge in [-0.15, -0.1) is 5.10 Å². The summed E-state index contributed by atoms with van der Waals surface area (Å²) in [5.41, 5.74) is 0.892. The molecule has 0 aliphatic rings. The van der Waals surface area contributed by atoms with Crippen molar-refractivity contribution >= 4 is 11.9 Å². The average molecular weight is 313 g/mol. The molecule has 0 aliphatic heterocycles. The predicted octanol–water partition coefficient (Wildman–Crippen LogP) is 2.01. The van der Waals surface area contributed by atoms with Gasteiger partial charge in [0.2, 0.25) is 5.69 Å². The van der Waals surface area contributed by atoms with Gasteiger partial charge in [0.1, 0.15) is 5.69 Å². The third kappa shape index (κ3) is 2.57. The normalized spacial score (nSPS) is 10.5. The molecule has 3 aromatic rings. The fourth-order valence-electron chi connectivity index (χ4n) is 2.10. The van der Waals surface area contributed by atoms with Gasteiger partial charge in [0.15, 0.2) is 5.76 Å². The second kappa shape index (κ2) is 5.76. The number of nitrogens with zero attached hydrogens (tertiary/aromatic N) is 3. The molecule has 8 nitrogen and oxygen atoms in total. The lowest BCUT2D eigenvalue weighted by Crippen LogP contribution is -2.04. The highest BCUT2D eigenvalue weighted by Crippen LogP contribution is 2.25. The van der Waals surface area contributed by atoms with Gasteiger partial charge >= 0.3 is 11.9 Å². The molecule has 116 valence electrons. The van der Waals surface area contributed by atoms with Gasteiger partial charge in [-0.3, -0.25) is 0 Å². The maximum Gasteiger partial charge on any atom is 0.358 e. The number of hydrogen-bond donors (Lipinski definition) is 1. The summed E-state index contributed by atoms with van der Waals surface area (Å²) in [6.07, 6.45) is 1.43. The van der Waals surface area contributed by atoms with E-state index in [9.17, 15) is 14.7 Å². The highest BCUT2D eigenvalue weighted by molar-refractivity contribution is 5.92. The molecule has 0 saturated carbocycles. The predicted molar refractivity (Wildman–Crippen MR) is 77.4 cm³/mol. The first-order valence-corrected chi connectivity index (χ1v) is 6.53. The molecule has 2 heterocycles. The molecule has 3 rings (SSSR count). The lowest BCUT2D eigenvalue weighted by molar-refractivity contribution is 0.0599. The number of hydrogen-bond acceptors (Lipinski definition) is 6. The second-order valence-electron chi connectivity index (χ2n) is 4.52. The van der Waals surface area contributed by atoms with Crippen LogP contribution in [0.1, 0.15) is 20.8 Å². The van der Waals surface area contributed by atoms with Crippen LogP contribution in [0.4, 0.5) is 0 Å². The average Bonchev–Trinajstić information content (AvgIpc) is 3.22. The van der Waals surface area contributed by atoms with Gasteiger partial charge in [-0.1, -0.05) is 5.21 Å². The van der Waals surface area contributed by atoms with Crippen molar-refractivity contribution < 1.29 is 23.8 Å². The fraction of sp³-hybridized carbons (Fsp3) is 0.0667. The molecule has 0 aliphatic carbocycles. The first kappa shape index (κ1) is 14.5. The van der Waals surface area contributed by atoms with Gasteiger partial charge in [-0.25, -0.2) is 14.3 Å². The first-order chi connectivity index (χ1) is 11.1. The number of aromatic carboxylic acids is 1. The van der Waals surface area contributed by atoms with Crippen molar-refractivity contribution in [3.8, 4) is 17.1 Å². The summed E-state index contributed by atoms with van der Waals surface area (Å²) in [6, 6.07) is 9.57. The Balaban J connectivity index is 2.10. The Morgan fingerprint density at radius 3 is 2.52 bits per heavy atom. The fourth-order valence-corrected chi connectivity index (χ4v) is 2.10. The van der Waals surface area contributed by atoms with Crippen LogP contribution in [0.5, 0.6) is 0 Å². The zero-order chi connectivity index (χ0) is 16.4. The topological polar surface area (TPSA) is 107 Å². The number of esters is 1. The minimum absolute atomic E-state index is 0.216. The summed E-state index contributed by atoms with van der Waals surface area (Å²) in [7, 11) is 1.29. The van der Waals surface area contributed by atoms with Gasteiger partial charge in [-0.2, -0.15) is 0 Å². The number of rotatable bonds is 4. The number of aromatic nitrogens is 3. The van der Waals surface area contributed by atoms with E-state index in [2.05, 4.69) is 15.0 Å². The minimum Gasteiger partial charge on any atom is -0.476 e. The molecule has 8 heteroatoms. The SMILES string of the molecule is COC(=O)c1ccc(-n2nnc(C(=O)O)c2-c2ccco2)cc1. The maximum absolute atomic E-state index is 11.5. The zero-order valence-electron chi connectivity index (χ0n) is 12.0. The van der Waals surface area contributed by atoms with Crippen LogP contribution < -0.4 is 0 Å². The van der Waals surface area contributed by atoms with Gasteiger partial charge in [0, 0.05) is 0 Å². The van der Waals surface area contributed by atoms with E-state index in [0.29, 0.717) is 17.0 Å². The highest BCUT2D eigenvalue weighted by atomic mass is 16.5. The van der Waals surface area contributed by atoms with Crippen LogP contribution >= 0.6 is 0 Å².